The third-order valence-electron chi connectivity index (χ3n) is 8.51. The number of phenols is 6. The van der Waals surface area contributed by atoms with Crippen molar-refractivity contribution in [1.29, 1.82) is 0 Å². The van der Waals surface area contributed by atoms with Crippen LogP contribution in [0.3, 0.4) is 0 Å². The Morgan fingerprint density at radius 1 is 0.720 bits per heavy atom. The lowest BCUT2D eigenvalue weighted by Gasteiger charge is -2.23. The standard InChI is InChI=1S/C30H30O8.C6H14N4O2/c1-11(2)19-15-7-13(5)21(27(35)23(15)17(9-31)25(33)29(19)37)22-14(6)8-16-20(12(3)4)30(38)26(34)18(10-32)24(16)28(22)36;7-4(5(11)12)2-1-3-10-6(8)9/h7-12,33-38H,1-6H3;4H,1-3,7H2,(H,11,12)(H4,8,9,10)/t;4-/m.0/s1. The molecule has 0 heterocycles. The molecule has 13 N–H and O–H groups in total. The van der Waals surface area contributed by atoms with Crippen LogP contribution >= 0.6 is 0 Å². The second-order valence-electron chi connectivity index (χ2n) is 12.7. The van der Waals surface area contributed by atoms with Crippen molar-refractivity contribution in [1.82, 2.24) is 0 Å². The van der Waals surface area contributed by atoms with Gasteiger partial charge in [0.25, 0.3) is 0 Å². The minimum atomic E-state index is -1.00. The highest BCUT2D eigenvalue weighted by atomic mass is 16.4. The molecular formula is C36H44N4O10. The molecule has 50 heavy (non-hydrogen) atoms. The number of carbonyl (C=O) groups excluding carboxylic acids is 2. The van der Waals surface area contributed by atoms with Crippen LogP contribution < -0.4 is 17.2 Å². The van der Waals surface area contributed by atoms with Gasteiger partial charge in [-0.1, -0.05) is 39.8 Å². The van der Waals surface area contributed by atoms with Gasteiger partial charge in [-0.25, -0.2) is 0 Å². The molecule has 0 aliphatic carbocycles. The number of benzene rings is 4. The monoisotopic (exact) mass is 692 g/mol. The molecule has 4 aromatic carbocycles. The molecule has 14 heteroatoms. The third-order valence-corrected chi connectivity index (χ3v) is 8.51. The first-order valence-corrected chi connectivity index (χ1v) is 15.8. The van der Waals surface area contributed by atoms with Crippen molar-refractivity contribution in [3.8, 4) is 45.6 Å². The summed E-state index contributed by atoms with van der Waals surface area (Å²) in [4.78, 5) is 37.9. The Morgan fingerprint density at radius 2 is 1.10 bits per heavy atom. The summed E-state index contributed by atoms with van der Waals surface area (Å²) < 4.78 is 0. The summed E-state index contributed by atoms with van der Waals surface area (Å²) in [6.45, 7) is 11.0. The molecule has 0 unspecified atom stereocenters. The van der Waals surface area contributed by atoms with Gasteiger partial charge in [-0.2, -0.15) is 0 Å². The summed E-state index contributed by atoms with van der Waals surface area (Å²) in [6, 6.07) is 2.49. The first-order valence-electron chi connectivity index (χ1n) is 15.8. The quantitative estimate of drug-likeness (QED) is 0.0351. The number of carboxylic acid groups (broad SMARTS) is 1. The number of aromatic hydroxyl groups is 6. The van der Waals surface area contributed by atoms with Crippen molar-refractivity contribution in [2.45, 2.75) is 72.3 Å². The fourth-order valence-electron chi connectivity index (χ4n) is 6.24. The molecule has 0 aliphatic heterocycles. The van der Waals surface area contributed by atoms with Crippen LogP contribution in [-0.2, 0) is 4.79 Å². The number of aryl methyl sites for hydroxylation is 2. The summed E-state index contributed by atoms with van der Waals surface area (Å²) in [7, 11) is 0. The molecule has 0 bridgehead atoms. The van der Waals surface area contributed by atoms with Crippen LogP contribution in [0, 0.1) is 13.8 Å². The summed E-state index contributed by atoms with van der Waals surface area (Å²) in [5.41, 5.74) is 16.7. The van der Waals surface area contributed by atoms with E-state index in [0.717, 1.165) is 0 Å². The van der Waals surface area contributed by atoms with Crippen LogP contribution in [0.15, 0.2) is 17.1 Å². The highest BCUT2D eigenvalue weighted by Gasteiger charge is 2.29. The molecular weight excluding hydrogens is 648 g/mol. The van der Waals surface area contributed by atoms with Crippen molar-refractivity contribution in [2.75, 3.05) is 6.54 Å². The molecule has 0 aliphatic rings. The molecule has 0 fully saturated rings. The average molecular weight is 693 g/mol. The van der Waals surface area contributed by atoms with E-state index in [4.69, 9.17) is 22.3 Å². The number of carboxylic acids is 1. The summed E-state index contributed by atoms with van der Waals surface area (Å²) in [5.74, 6) is -4.56. The number of rotatable bonds is 10. The molecule has 0 aromatic heterocycles. The highest BCUT2D eigenvalue weighted by Crippen LogP contribution is 2.54. The Balaban J connectivity index is 0.000000482. The number of fused-ring (bicyclic) bond motifs is 2. The van der Waals surface area contributed by atoms with Crippen LogP contribution in [0.2, 0.25) is 0 Å². The fraction of sp³-hybridized carbons (Fsp3) is 0.333. The lowest BCUT2D eigenvalue weighted by molar-refractivity contribution is -0.138. The maximum Gasteiger partial charge on any atom is 0.320 e. The fourth-order valence-corrected chi connectivity index (χ4v) is 6.24. The molecule has 1 atom stereocenters. The van der Waals surface area contributed by atoms with Gasteiger partial charge in [0.05, 0.1) is 11.1 Å². The zero-order valence-corrected chi connectivity index (χ0v) is 28.7. The number of hydrogen-bond acceptors (Lipinski definition) is 11. The van der Waals surface area contributed by atoms with E-state index in [9.17, 15) is 45.0 Å². The largest absolute Gasteiger partial charge is 0.507 e. The van der Waals surface area contributed by atoms with Gasteiger partial charge < -0.3 is 52.9 Å². The molecule has 0 amide bonds. The average Bonchev–Trinajstić information content (AvgIpc) is 3.02. The maximum atomic E-state index is 12.0. The van der Waals surface area contributed by atoms with Gasteiger partial charge in [0.2, 0.25) is 0 Å². The summed E-state index contributed by atoms with van der Waals surface area (Å²) in [6.07, 6.45) is 1.64. The third kappa shape index (κ3) is 7.01. The molecule has 4 aromatic rings. The van der Waals surface area contributed by atoms with Crippen molar-refractivity contribution in [3.63, 3.8) is 0 Å². The van der Waals surface area contributed by atoms with E-state index in [1.165, 1.54) is 0 Å². The first-order chi connectivity index (χ1) is 23.3. The van der Waals surface area contributed by atoms with E-state index in [2.05, 4.69) is 4.99 Å². The minimum Gasteiger partial charge on any atom is -0.507 e. The number of carbonyl (C=O) groups is 3. The van der Waals surface area contributed by atoms with E-state index < -0.39 is 46.5 Å². The second kappa shape index (κ2) is 15.2. The Bertz CT molecular complexity index is 1910. The number of nitrogens with two attached hydrogens (primary N) is 3. The highest BCUT2D eigenvalue weighted by molar-refractivity contribution is 6.14. The number of aliphatic imine (C=N–C) groups is 1. The van der Waals surface area contributed by atoms with E-state index in [-0.39, 0.29) is 50.8 Å². The molecule has 4 rings (SSSR count). The van der Waals surface area contributed by atoms with E-state index in [0.29, 0.717) is 65.0 Å². The van der Waals surface area contributed by atoms with Gasteiger partial charge in [0.1, 0.15) is 17.5 Å². The van der Waals surface area contributed by atoms with Crippen molar-refractivity contribution < 1.29 is 50.1 Å². The van der Waals surface area contributed by atoms with Gasteiger partial charge >= 0.3 is 5.97 Å². The molecule has 0 saturated carbocycles. The maximum absolute atomic E-state index is 12.0. The van der Waals surface area contributed by atoms with E-state index in [1.54, 1.807) is 53.7 Å². The number of phenolic OH excluding ortho intramolecular Hbond substituents is 6. The predicted octanol–water partition coefficient (Wildman–Crippen LogP) is 4.83. The summed E-state index contributed by atoms with van der Waals surface area (Å²) in [5, 5.41) is 74.8. The first kappa shape index (κ1) is 38.7. The van der Waals surface area contributed by atoms with Crippen LogP contribution in [0.4, 0.5) is 0 Å². The van der Waals surface area contributed by atoms with E-state index in [1.807, 2.05) is 0 Å². The second-order valence-corrected chi connectivity index (χ2v) is 12.7. The van der Waals surface area contributed by atoms with Crippen LogP contribution in [0.1, 0.15) is 95.3 Å². The van der Waals surface area contributed by atoms with Crippen molar-refractivity contribution in [2.24, 2.45) is 22.2 Å². The zero-order chi connectivity index (χ0) is 37.9. The van der Waals surface area contributed by atoms with Gasteiger partial charge in [0, 0.05) is 39.6 Å². The molecule has 268 valence electrons. The van der Waals surface area contributed by atoms with Gasteiger partial charge in [-0.3, -0.25) is 19.4 Å². The normalized spacial score (nSPS) is 11.8. The minimum absolute atomic E-state index is 0.00512. The van der Waals surface area contributed by atoms with Crippen LogP contribution in [0.5, 0.6) is 34.5 Å². The van der Waals surface area contributed by atoms with Crippen LogP contribution in [-0.4, -0.2) is 72.8 Å². The van der Waals surface area contributed by atoms with Crippen molar-refractivity contribution in [3.05, 3.63) is 45.5 Å². The number of aliphatic carboxylic acids is 1. The van der Waals surface area contributed by atoms with Crippen molar-refractivity contribution >= 4 is 46.0 Å². The Hall–Kier alpha value is -5.76. The molecule has 0 spiro atoms. The summed E-state index contributed by atoms with van der Waals surface area (Å²) >= 11 is 0. The Morgan fingerprint density at radius 3 is 1.40 bits per heavy atom. The number of hydrogen-bond donors (Lipinski definition) is 10. The van der Waals surface area contributed by atoms with E-state index >= 15 is 0 Å². The SMILES string of the molecule is Cc1cc2c(C(C)C)c(O)c(O)c(C=O)c2c(O)c1-c1c(C)cc2c(C(C)C)c(O)c(O)c(C=O)c2c1O.NC(N)=NCCC[C@H](N)C(=O)O. The smallest absolute Gasteiger partial charge is 0.320 e. The van der Waals surface area contributed by atoms with Crippen LogP contribution in [0.25, 0.3) is 32.7 Å². The molecule has 0 radical (unpaired) electrons. The molecule has 14 nitrogen and oxygen atoms in total. The Kier molecular flexibility index (Phi) is 11.8. The topological polar surface area (TPSA) is 283 Å². The number of nitrogens with zero attached hydrogens (tertiary/aromatic N) is 1. The molecule has 0 saturated heterocycles. The lowest BCUT2D eigenvalue weighted by atomic mass is 9.83. The van der Waals surface area contributed by atoms with Gasteiger partial charge in [0.15, 0.2) is 41.5 Å². The zero-order valence-electron chi connectivity index (χ0n) is 28.7. The Labute approximate surface area is 288 Å². The number of guanidine groups is 1. The lowest BCUT2D eigenvalue weighted by Crippen LogP contribution is -2.30. The number of aldehydes is 2. The van der Waals surface area contributed by atoms with Gasteiger partial charge in [-0.05, 0) is 60.4 Å². The van der Waals surface area contributed by atoms with Gasteiger partial charge in [-0.15, -0.1) is 0 Å². The predicted molar refractivity (Wildman–Crippen MR) is 191 cm³/mol.